The largest absolute Gasteiger partial charge is 0.486 e. The standard InChI is InChI=1S/C17H16N4O3/c22-17(10-21-14-6-2-1-5-13(14)19-20-21)18-9-12-11-23-15-7-3-4-8-16(15)24-12/h1-8,12H,9-11H2,(H,18,22)/t12-/m0/s1. The number of amides is 1. The summed E-state index contributed by atoms with van der Waals surface area (Å²) in [5.41, 5.74) is 1.60. The lowest BCUT2D eigenvalue weighted by Crippen LogP contribution is -2.41. The predicted molar refractivity (Wildman–Crippen MR) is 86.9 cm³/mol. The summed E-state index contributed by atoms with van der Waals surface area (Å²) < 4.78 is 13.0. The zero-order chi connectivity index (χ0) is 16.4. The Kier molecular flexibility index (Phi) is 3.74. The maximum absolute atomic E-state index is 12.1. The first-order chi connectivity index (χ1) is 11.8. The van der Waals surface area contributed by atoms with Crippen molar-refractivity contribution in [2.75, 3.05) is 13.2 Å². The summed E-state index contributed by atoms with van der Waals surface area (Å²) in [7, 11) is 0. The van der Waals surface area contributed by atoms with Gasteiger partial charge in [-0.05, 0) is 24.3 Å². The van der Waals surface area contributed by atoms with Crippen LogP contribution in [0.2, 0.25) is 0 Å². The maximum Gasteiger partial charge on any atom is 0.241 e. The zero-order valence-electron chi connectivity index (χ0n) is 12.9. The number of benzene rings is 2. The molecule has 0 radical (unpaired) electrons. The van der Waals surface area contributed by atoms with Gasteiger partial charge in [0, 0.05) is 0 Å². The molecule has 0 fully saturated rings. The summed E-state index contributed by atoms with van der Waals surface area (Å²) in [5.74, 6) is 1.28. The molecule has 7 nitrogen and oxygen atoms in total. The van der Waals surface area contributed by atoms with Crippen molar-refractivity contribution in [2.45, 2.75) is 12.6 Å². The molecule has 0 unspecified atom stereocenters. The Morgan fingerprint density at radius 2 is 1.96 bits per heavy atom. The van der Waals surface area contributed by atoms with E-state index in [1.807, 2.05) is 48.5 Å². The van der Waals surface area contributed by atoms with Crippen molar-refractivity contribution in [1.82, 2.24) is 20.3 Å². The number of hydrogen-bond donors (Lipinski definition) is 1. The van der Waals surface area contributed by atoms with Crippen LogP contribution in [-0.4, -0.2) is 40.2 Å². The van der Waals surface area contributed by atoms with Gasteiger partial charge in [0.1, 0.15) is 24.8 Å². The van der Waals surface area contributed by atoms with E-state index in [0.29, 0.717) is 18.9 Å². The summed E-state index contributed by atoms with van der Waals surface area (Å²) >= 11 is 0. The van der Waals surface area contributed by atoms with Gasteiger partial charge in [0.25, 0.3) is 0 Å². The van der Waals surface area contributed by atoms with Gasteiger partial charge < -0.3 is 14.8 Å². The smallest absolute Gasteiger partial charge is 0.241 e. The van der Waals surface area contributed by atoms with Crippen LogP contribution >= 0.6 is 0 Å². The molecule has 1 aliphatic heterocycles. The Morgan fingerprint density at radius 1 is 1.17 bits per heavy atom. The van der Waals surface area contributed by atoms with Crippen LogP contribution in [0.25, 0.3) is 11.0 Å². The minimum absolute atomic E-state index is 0.116. The highest BCUT2D eigenvalue weighted by Crippen LogP contribution is 2.30. The van der Waals surface area contributed by atoms with Crippen molar-refractivity contribution in [3.05, 3.63) is 48.5 Å². The van der Waals surface area contributed by atoms with Crippen LogP contribution in [0, 0.1) is 0 Å². The minimum atomic E-state index is -0.212. The van der Waals surface area contributed by atoms with E-state index in [9.17, 15) is 4.79 Å². The highest BCUT2D eigenvalue weighted by molar-refractivity contribution is 5.79. The van der Waals surface area contributed by atoms with E-state index in [-0.39, 0.29) is 18.6 Å². The van der Waals surface area contributed by atoms with Crippen molar-refractivity contribution < 1.29 is 14.3 Å². The molecule has 0 saturated carbocycles. The lowest BCUT2D eigenvalue weighted by atomic mass is 10.2. The molecule has 0 saturated heterocycles. The van der Waals surface area contributed by atoms with Crippen LogP contribution in [0.4, 0.5) is 0 Å². The second-order valence-electron chi connectivity index (χ2n) is 5.54. The molecule has 0 bridgehead atoms. The SMILES string of the molecule is O=C(Cn1nnc2ccccc21)NC[C@H]1COc2ccccc2O1. The van der Waals surface area contributed by atoms with Crippen LogP contribution in [0.1, 0.15) is 0 Å². The van der Waals surface area contributed by atoms with E-state index < -0.39 is 0 Å². The van der Waals surface area contributed by atoms with Gasteiger partial charge >= 0.3 is 0 Å². The maximum atomic E-state index is 12.1. The number of nitrogens with one attached hydrogen (secondary N) is 1. The highest BCUT2D eigenvalue weighted by Gasteiger charge is 2.21. The lowest BCUT2D eigenvalue weighted by Gasteiger charge is -2.26. The van der Waals surface area contributed by atoms with Gasteiger partial charge in [-0.2, -0.15) is 0 Å². The zero-order valence-corrected chi connectivity index (χ0v) is 12.9. The quantitative estimate of drug-likeness (QED) is 0.784. The summed E-state index contributed by atoms with van der Waals surface area (Å²) in [6.45, 7) is 0.897. The van der Waals surface area contributed by atoms with E-state index in [1.165, 1.54) is 0 Å². The van der Waals surface area contributed by atoms with Gasteiger partial charge in [-0.15, -0.1) is 5.10 Å². The molecule has 7 heteroatoms. The first-order valence-electron chi connectivity index (χ1n) is 7.73. The molecule has 2 heterocycles. The molecule has 122 valence electrons. The predicted octanol–water partition coefficient (Wildman–Crippen LogP) is 1.39. The Labute approximate surface area is 138 Å². The molecule has 1 N–H and O–H groups in total. The highest BCUT2D eigenvalue weighted by atomic mass is 16.6. The number of aromatic nitrogens is 3. The number of carbonyl (C=O) groups excluding carboxylic acids is 1. The Bertz CT molecular complexity index is 877. The van der Waals surface area contributed by atoms with Crippen molar-refractivity contribution in [3.8, 4) is 11.5 Å². The average molecular weight is 324 g/mol. The van der Waals surface area contributed by atoms with Gasteiger partial charge in [0.15, 0.2) is 11.5 Å². The molecule has 1 atom stereocenters. The average Bonchev–Trinajstić information content (AvgIpc) is 3.03. The first-order valence-corrected chi connectivity index (χ1v) is 7.73. The van der Waals surface area contributed by atoms with Crippen LogP contribution in [-0.2, 0) is 11.3 Å². The van der Waals surface area contributed by atoms with Crippen molar-refractivity contribution in [2.24, 2.45) is 0 Å². The van der Waals surface area contributed by atoms with E-state index in [0.717, 1.165) is 16.8 Å². The van der Waals surface area contributed by atoms with Crippen LogP contribution in [0.5, 0.6) is 11.5 Å². The number of ether oxygens (including phenoxy) is 2. The van der Waals surface area contributed by atoms with Crippen molar-refractivity contribution in [1.29, 1.82) is 0 Å². The lowest BCUT2D eigenvalue weighted by molar-refractivity contribution is -0.122. The van der Waals surface area contributed by atoms with E-state index in [2.05, 4.69) is 15.6 Å². The van der Waals surface area contributed by atoms with Crippen LogP contribution in [0.3, 0.4) is 0 Å². The van der Waals surface area contributed by atoms with Crippen LogP contribution < -0.4 is 14.8 Å². The molecule has 1 aromatic heterocycles. The minimum Gasteiger partial charge on any atom is -0.486 e. The number of fused-ring (bicyclic) bond motifs is 2. The molecule has 0 spiro atoms. The van der Waals surface area contributed by atoms with Crippen molar-refractivity contribution in [3.63, 3.8) is 0 Å². The number of rotatable bonds is 4. The summed E-state index contributed by atoms with van der Waals surface area (Å²) in [6, 6.07) is 15.0. The second kappa shape index (κ2) is 6.19. The van der Waals surface area contributed by atoms with Gasteiger partial charge in [0.2, 0.25) is 5.91 Å². The molecular formula is C17H16N4O3. The third-order valence-corrected chi connectivity index (χ3v) is 3.81. The fourth-order valence-corrected chi connectivity index (χ4v) is 2.62. The number of para-hydroxylation sites is 3. The second-order valence-corrected chi connectivity index (χ2v) is 5.54. The fourth-order valence-electron chi connectivity index (χ4n) is 2.62. The molecule has 3 aromatic rings. The number of hydrogen-bond acceptors (Lipinski definition) is 5. The van der Waals surface area contributed by atoms with Gasteiger partial charge in [0.05, 0.1) is 12.1 Å². The molecular weight excluding hydrogens is 308 g/mol. The summed E-state index contributed by atoms with van der Waals surface area (Å²) in [6.07, 6.45) is -0.212. The molecule has 1 amide bonds. The number of nitrogens with zero attached hydrogens (tertiary/aromatic N) is 3. The Hall–Kier alpha value is -3.09. The Morgan fingerprint density at radius 3 is 2.88 bits per heavy atom. The van der Waals surface area contributed by atoms with Gasteiger partial charge in [-0.1, -0.05) is 29.5 Å². The third kappa shape index (κ3) is 2.88. The normalized spacial score (nSPS) is 16.1. The molecule has 2 aromatic carbocycles. The molecule has 1 aliphatic rings. The summed E-state index contributed by atoms with van der Waals surface area (Å²) in [4.78, 5) is 12.1. The molecule has 0 aliphatic carbocycles. The fraction of sp³-hybridized carbons (Fsp3) is 0.235. The van der Waals surface area contributed by atoms with E-state index in [4.69, 9.17) is 9.47 Å². The monoisotopic (exact) mass is 324 g/mol. The van der Waals surface area contributed by atoms with E-state index in [1.54, 1.807) is 4.68 Å². The summed E-state index contributed by atoms with van der Waals surface area (Å²) in [5, 5.41) is 10.9. The van der Waals surface area contributed by atoms with Gasteiger partial charge in [-0.25, -0.2) is 4.68 Å². The Balaban J connectivity index is 1.34. The number of carbonyl (C=O) groups is 1. The van der Waals surface area contributed by atoms with Gasteiger partial charge in [-0.3, -0.25) is 4.79 Å². The third-order valence-electron chi connectivity index (χ3n) is 3.81. The molecule has 4 rings (SSSR count). The topological polar surface area (TPSA) is 78.3 Å². The first kappa shape index (κ1) is 14.5. The van der Waals surface area contributed by atoms with Crippen molar-refractivity contribution >= 4 is 16.9 Å². The van der Waals surface area contributed by atoms with Crippen LogP contribution in [0.15, 0.2) is 48.5 Å². The molecule has 24 heavy (non-hydrogen) atoms. The van der Waals surface area contributed by atoms with E-state index >= 15 is 0 Å².